The van der Waals surface area contributed by atoms with Gasteiger partial charge in [0.05, 0.1) is 0 Å². The molecule has 1 aliphatic rings. The summed E-state index contributed by atoms with van der Waals surface area (Å²) in [5.74, 6) is 0. The van der Waals surface area contributed by atoms with Gasteiger partial charge in [0.15, 0.2) is 0 Å². The maximum Gasteiger partial charge on any atom is 0.0388 e. The topological polar surface area (TPSA) is 38.0 Å². The Morgan fingerprint density at radius 1 is 1.33 bits per heavy atom. The number of para-hydroxylation sites is 1. The molecule has 0 bridgehead atoms. The lowest BCUT2D eigenvalue weighted by atomic mass is 9.99. The van der Waals surface area contributed by atoms with Gasteiger partial charge < -0.3 is 11.1 Å². The largest absolute Gasteiger partial charge is 0.385 e. The third kappa shape index (κ3) is 1.54. The van der Waals surface area contributed by atoms with Crippen LogP contribution in [0, 0.1) is 0 Å². The average Bonchev–Trinajstić information content (AvgIpc) is 2.06. The molecule has 1 heterocycles. The van der Waals surface area contributed by atoms with Gasteiger partial charge in [-0.05, 0) is 18.1 Å². The van der Waals surface area contributed by atoms with Gasteiger partial charge in [-0.2, -0.15) is 0 Å². The Morgan fingerprint density at radius 2 is 2.08 bits per heavy atom. The molecule has 1 aromatic carbocycles. The highest BCUT2D eigenvalue weighted by Gasteiger charge is 2.14. The van der Waals surface area contributed by atoms with Crippen molar-refractivity contribution in [1.82, 2.24) is 0 Å². The predicted molar refractivity (Wildman–Crippen MR) is 53.7 cm³/mol. The van der Waals surface area contributed by atoms with Crippen LogP contribution in [0.3, 0.4) is 0 Å². The van der Waals surface area contributed by atoms with Crippen LogP contribution in [0.5, 0.6) is 0 Å². The number of hydrogen-bond donors (Lipinski definition) is 2. The Kier molecular flexibility index (Phi) is 2.95. The van der Waals surface area contributed by atoms with Crippen molar-refractivity contribution in [3.05, 3.63) is 29.8 Å². The lowest BCUT2D eigenvalue weighted by Crippen LogP contribution is -2.22. The molecule has 3 N–H and O–H groups in total. The lowest BCUT2D eigenvalue weighted by molar-refractivity contribution is 0.655. The molecule has 1 atom stereocenters. The van der Waals surface area contributed by atoms with E-state index in [0.29, 0.717) is 0 Å². The molecular weight excluding hydrogens is 172 g/mol. The monoisotopic (exact) mass is 184 g/mol. The lowest BCUT2D eigenvalue weighted by Gasteiger charge is -2.23. The first kappa shape index (κ1) is 9.36. The fraction of sp³-hybridized carbons (Fsp3) is 0.333. The Hall–Kier alpha value is -0.730. The normalized spacial score (nSPS) is 20.2. The van der Waals surface area contributed by atoms with Crippen LogP contribution >= 0.6 is 12.4 Å². The fourth-order valence-electron chi connectivity index (χ4n) is 1.50. The molecule has 0 aliphatic carbocycles. The minimum absolute atomic E-state index is 0. The van der Waals surface area contributed by atoms with Gasteiger partial charge in [-0.1, -0.05) is 18.2 Å². The first-order valence-corrected chi connectivity index (χ1v) is 3.96. The van der Waals surface area contributed by atoms with Crippen molar-refractivity contribution in [1.29, 1.82) is 0 Å². The molecule has 2 rings (SSSR count). The Morgan fingerprint density at radius 3 is 2.83 bits per heavy atom. The SMILES string of the molecule is Cl.N[C@@H]1CCNc2ccccc21. The molecule has 3 heteroatoms. The van der Waals surface area contributed by atoms with Crippen LogP contribution in [-0.2, 0) is 0 Å². The summed E-state index contributed by atoms with van der Waals surface area (Å²) in [6.45, 7) is 0.998. The summed E-state index contributed by atoms with van der Waals surface area (Å²) in [5.41, 5.74) is 8.36. The molecule has 0 unspecified atom stereocenters. The predicted octanol–water partition coefficient (Wildman–Crippen LogP) is 1.92. The zero-order valence-corrected chi connectivity index (χ0v) is 7.60. The van der Waals surface area contributed by atoms with E-state index in [4.69, 9.17) is 5.73 Å². The summed E-state index contributed by atoms with van der Waals surface area (Å²) >= 11 is 0. The summed E-state index contributed by atoms with van der Waals surface area (Å²) in [6.07, 6.45) is 1.04. The smallest absolute Gasteiger partial charge is 0.0388 e. The van der Waals surface area contributed by atoms with Crippen molar-refractivity contribution >= 4 is 18.1 Å². The molecule has 1 aromatic rings. The summed E-state index contributed by atoms with van der Waals surface area (Å²) in [7, 11) is 0. The number of anilines is 1. The van der Waals surface area contributed by atoms with Gasteiger partial charge in [0.25, 0.3) is 0 Å². The van der Waals surface area contributed by atoms with Gasteiger partial charge in [-0.25, -0.2) is 0 Å². The van der Waals surface area contributed by atoms with Crippen LogP contribution in [0.25, 0.3) is 0 Å². The summed E-state index contributed by atoms with van der Waals surface area (Å²) < 4.78 is 0. The Balaban J connectivity index is 0.000000720. The number of rotatable bonds is 0. The van der Waals surface area contributed by atoms with E-state index in [0.717, 1.165) is 13.0 Å². The van der Waals surface area contributed by atoms with Crippen LogP contribution in [0.4, 0.5) is 5.69 Å². The number of nitrogens with one attached hydrogen (secondary N) is 1. The quantitative estimate of drug-likeness (QED) is 0.647. The number of fused-ring (bicyclic) bond motifs is 1. The van der Waals surface area contributed by atoms with Crippen LogP contribution < -0.4 is 11.1 Å². The van der Waals surface area contributed by atoms with Crippen molar-refractivity contribution in [3.8, 4) is 0 Å². The standard InChI is InChI=1S/C9H12N2.ClH/c10-8-5-6-11-9-4-2-1-3-7(8)9;/h1-4,8,11H,5-6,10H2;1H/t8-;/m1./s1. The van der Waals surface area contributed by atoms with E-state index in [-0.39, 0.29) is 18.4 Å². The van der Waals surface area contributed by atoms with E-state index in [1.54, 1.807) is 0 Å². The van der Waals surface area contributed by atoms with Crippen LogP contribution in [0.2, 0.25) is 0 Å². The second-order valence-electron chi connectivity index (χ2n) is 2.91. The molecule has 0 spiro atoms. The van der Waals surface area contributed by atoms with E-state index in [9.17, 15) is 0 Å². The van der Waals surface area contributed by atoms with Crippen molar-refractivity contribution in [2.75, 3.05) is 11.9 Å². The molecule has 0 amide bonds. The molecule has 66 valence electrons. The molecule has 0 saturated carbocycles. The first-order valence-electron chi connectivity index (χ1n) is 3.96. The van der Waals surface area contributed by atoms with E-state index in [1.165, 1.54) is 11.3 Å². The highest BCUT2D eigenvalue weighted by atomic mass is 35.5. The van der Waals surface area contributed by atoms with E-state index < -0.39 is 0 Å². The van der Waals surface area contributed by atoms with Gasteiger partial charge in [-0.15, -0.1) is 12.4 Å². The minimum atomic E-state index is 0. The molecular formula is C9H13ClN2. The molecule has 12 heavy (non-hydrogen) atoms. The average molecular weight is 185 g/mol. The number of nitrogens with two attached hydrogens (primary N) is 1. The molecule has 0 radical (unpaired) electrons. The molecule has 0 aromatic heterocycles. The van der Waals surface area contributed by atoms with Gasteiger partial charge in [0.1, 0.15) is 0 Å². The Bertz CT molecular complexity index is 262. The number of halogens is 1. The highest BCUT2D eigenvalue weighted by molar-refractivity contribution is 5.85. The summed E-state index contributed by atoms with van der Waals surface area (Å²) in [5, 5.41) is 3.31. The van der Waals surface area contributed by atoms with Gasteiger partial charge in [0.2, 0.25) is 0 Å². The third-order valence-corrected chi connectivity index (χ3v) is 2.13. The van der Waals surface area contributed by atoms with Crippen LogP contribution in [0.1, 0.15) is 18.0 Å². The number of hydrogen-bond acceptors (Lipinski definition) is 2. The first-order chi connectivity index (χ1) is 5.38. The minimum Gasteiger partial charge on any atom is -0.385 e. The van der Waals surface area contributed by atoms with Crippen molar-refractivity contribution in [3.63, 3.8) is 0 Å². The molecule has 0 saturated heterocycles. The second kappa shape index (κ2) is 3.78. The van der Waals surface area contributed by atoms with E-state index >= 15 is 0 Å². The molecule has 1 aliphatic heterocycles. The zero-order chi connectivity index (χ0) is 7.68. The molecule has 2 nitrogen and oxygen atoms in total. The molecule has 0 fully saturated rings. The number of benzene rings is 1. The third-order valence-electron chi connectivity index (χ3n) is 2.13. The van der Waals surface area contributed by atoms with Crippen molar-refractivity contribution < 1.29 is 0 Å². The zero-order valence-electron chi connectivity index (χ0n) is 6.79. The van der Waals surface area contributed by atoms with Gasteiger partial charge in [-0.3, -0.25) is 0 Å². The van der Waals surface area contributed by atoms with Crippen molar-refractivity contribution in [2.45, 2.75) is 12.5 Å². The van der Waals surface area contributed by atoms with Gasteiger partial charge in [0, 0.05) is 18.3 Å². The van der Waals surface area contributed by atoms with Crippen LogP contribution in [-0.4, -0.2) is 6.54 Å². The second-order valence-corrected chi connectivity index (χ2v) is 2.91. The van der Waals surface area contributed by atoms with Crippen molar-refractivity contribution in [2.24, 2.45) is 5.73 Å². The maximum atomic E-state index is 5.91. The summed E-state index contributed by atoms with van der Waals surface area (Å²) in [4.78, 5) is 0. The maximum absolute atomic E-state index is 5.91. The highest BCUT2D eigenvalue weighted by Crippen LogP contribution is 2.26. The van der Waals surface area contributed by atoms with Gasteiger partial charge >= 0.3 is 0 Å². The Labute approximate surface area is 78.6 Å². The van der Waals surface area contributed by atoms with E-state index in [1.807, 2.05) is 12.1 Å². The fourth-order valence-corrected chi connectivity index (χ4v) is 1.50. The summed E-state index contributed by atoms with van der Waals surface area (Å²) in [6, 6.07) is 8.46. The van der Waals surface area contributed by atoms with Crippen LogP contribution in [0.15, 0.2) is 24.3 Å². The van der Waals surface area contributed by atoms with E-state index in [2.05, 4.69) is 17.4 Å².